The van der Waals surface area contributed by atoms with Crippen LogP contribution in [0.1, 0.15) is 135 Å². The van der Waals surface area contributed by atoms with Crippen LogP contribution in [0.25, 0.3) is 0 Å². The van der Waals surface area contributed by atoms with Crippen molar-refractivity contribution >= 4 is 0 Å². The Labute approximate surface area is 172 Å². The van der Waals surface area contributed by atoms with Gasteiger partial charge in [-0.15, -0.1) is 0 Å². The first-order valence-electron chi connectivity index (χ1n) is 12.4. The molecule has 27 heavy (non-hydrogen) atoms. The largest absolute Gasteiger partial charge is 0.0991 e. The van der Waals surface area contributed by atoms with Crippen LogP contribution < -0.4 is 0 Å². The summed E-state index contributed by atoms with van der Waals surface area (Å²) in [7, 11) is 0. The van der Waals surface area contributed by atoms with Crippen molar-refractivity contribution in [3.63, 3.8) is 0 Å². The second kappa shape index (κ2) is 25.2. The maximum atomic E-state index is 3.67. The molecule has 0 unspecified atom stereocenters. The van der Waals surface area contributed by atoms with Gasteiger partial charge in [0, 0.05) is 0 Å². The van der Waals surface area contributed by atoms with Crippen LogP contribution in [0.15, 0.2) is 37.0 Å². The molecule has 0 aromatic rings. The molecule has 0 aliphatic carbocycles. The van der Waals surface area contributed by atoms with E-state index in [1.54, 1.807) is 0 Å². The third-order valence-corrected chi connectivity index (χ3v) is 5.47. The standard InChI is InChI=1S/C27H50/c1-3-5-7-9-11-13-15-17-19-21-23-25-27-26-24-22-20-18-16-14-12-10-8-6-4-2/h3,5,7,9,11H,1,4,6,8,10,12-27H2,2H3. The summed E-state index contributed by atoms with van der Waals surface area (Å²) < 4.78 is 0. The number of unbranched alkanes of at least 4 members (excludes halogenated alkanes) is 19. The van der Waals surface area contributed by atoms with Gasteiger partial charge >= 0.3 is 0 Å². The second-order valence-electron chi connectivity index (χ2n) is 8.20. The molecule has 0 saturated heterocycles. The fraction of sp³-hybridized carbons (Fsp3) is 0.778. The van der Waals surface area contributed by atoms with E-state index in [0.29, 0.717) is 0 Å². The van der Waals surface area contributed by atoms with E-state index >= 15 is 0 Å². The van der Waals surface area contributed by atoms with Crippen molar-refractivity contribution in [1.82, 2.24) is 0 Å². The lowest BCUT2D eigenvalue weighted by molar-refractivity contribution is 0.523. The molecule has 0 atom stereocenters. The molecule has 0 aliphatic heterocycles. The van der Waals surface area contributed by atoms with Gasteiger partial charge in [0.05, 0.1) is 0 Å². The first-order chi connectivity index (χ1) is 13.4. The van der Waals surface area contributed by atoms with E-state index in [0.717, 1.165) is 0 Å². The summed E-state index contributed by atoms with van der Waals surface area (Å²) in [5, 5.41) is 0. The summed E-state index contributed by atoms with van der Waals surface area (Å²) in [6.45, 7) is 5.96. The van der Waals surface area contributed by atoms with Gasteiger partial charge in [0.1, 0.15) is 0 Å². The zero-order valence-electron chi connectivity index (χ0n) is 18.7. The van der Waals surface area contributed by atoms with E-state index in [4.69, 9.17) is 0 Å². The molecule has 0 N–H and O–H groups in total. The van der Waals surface area contributed by atoms with Crippen LogP contribution in [0.5, 0.6) is 0 Å². The molecule has 0 nitrogen and oxygen atoms in total. The summed E-state index contributed by atoms with van der Waals surface area (Å²) >= 11 is 0. The number of hydrogen-bond donors (Lipinski definition) is 0. The Hall–Kier alpha value is -0.780. The van der Waals surface area contributed by atoms with Gasteiger partial charge in [-0.2, -0.15) is 0 Å². The molecular formula is C27H50. The molecule has 0 aliphatic rings. The molecule has 0 rings (SSSR count). The fourth-order valence-electron chi connectivity index (χ4n) is 3.66. The van der Waals surface area contributed by atoms with Crippen molar-refractivity contribution in [3.05, 3.63) is 37.0 Å². The molecule has 0 saturated carbocycles. The highest BCUT2D eigenvalue weighted by molar-refractivity contribution is 5.08. The first kappa shape index (κ1) is 26.2. The maximum absolute atomic E-state index is 3.67. The Morgan fingerprint density at radius 3 is 1.19 bits per heavy atom. The zero-order valence-corrected chi connectivity index (χ0v) is 18.7. The zero-order chi connectivity index (χ0) is 19.7. The SMILES string of the molecule is C=CC=CC=CCCCCCCCCCCCCCCCCCCCCC. The lowest BCUT2D eigenvalue weighted by Crippen LogP contribution is -1.84. The third-order valence-electron chi connectivity index (χ3n) is 5.47. The van der Waals surface area contributed by atoms with Crippen molar-refractivity contribution in [3.8, 4) is 0 Å². The van der Waals surface area contributed by atoms with Crippen LogP contribution >= 0.6 is 0 Å². The van der Waals surface area contributed by atoms with E-state index in [1.165, 1.54) is 128 Å². The van der Waals surface area contributed by atoms with E-state index in [9.17, 15) is 0 Å². The molecule has 0 heterocycles. The van der Waals surface area contributed by atoms with Gasteiger partial charge in [-0.3, -0.25) is 0 Å². The number of allylic oxidation sites excluding steroid dienone is 5. The van der Waals surface area contributed by atoms with E-state index in [-0.39, 0.29) is 0 Å². The lowest BCUT2D eigenvalue weighted by atomic mass is 10.0. The summed E-state index contributed by atoms with van der Waals surface area (Å²) in [4.78, 5) is 0. The molecular weight excluding hydrogens is 324 g/mol. The molecule has 0 radical (unpaired) electrons. The molecule has 0 fully saturated rings. The molecule has 0 bridgehead atoms. The lowest BCUT2D eigenvalue weighted by Gasteiger charge is -2.03. The average molecular weight is 375 g/mol. The fourth-order valence-corrected chi connectivity index (χ4v) is 3.66. The van der Waals surface area contributed by atoms with Crippen molar-refractivity contribution in [2.24, 2.45) is 0 Å². The minimum absolute atomic E-state index is 1.22. The molecule has 0 aromatic heterocycles. The second-order valence-corrected chi connectivity index (χ2v) is 8.20. The summed E-state index contributed by atoms with van der Waals surface area (Å²) in [5.41, 5.74) is 0. The molecule has 0 aromatic carbocycles. The van der Waals surface area contributed by atoms with Gasteiger partial charge < -0.3 is 0 Å². The van der Waals surface area contributed by atoms with Gasteiger partial charge in [0.25, 0.3) is 0 Å². The highest BCUT2D eigenvalue weighted by Crippen LogP contribution is 2.14. The van der Waals surface area contributed by atoms with E-state index in [2.05, 4.69) is 31.7 Å². The predicted octanol–water partition coefficient (Wildman–Crippen LogP) is 10.1. The summed E-state index contributed by atoms with van der Waals surface area (Å²) in [6, 6.07) is 0. The van der Waals surface area contributed by atoms with Crippen LogP contribution in [0.4, 0.5) is 0 Å². The van der Waals surface area contributed by atoms with Crippen LogP contribution in [0, 0.1) is 0 Å². The highest BCUT2D eigenvalue weighted by atomic mass is 14.0. The highest BCUT2D eigenvalue weighted by Gasteiger charge is 1.95. The normalized spacial score (nSPS) is 11.7. The Morgan fingerprint density at radius 1 is 0.444 bits per heavy atom. The molecule has 0 amide bonds. The molecule has 158 valence electrons. The van der Waals surface area contributed by atoms with Gasteiger partial charge in [-0.1, -0.05) is 159 Å². The van der Waals surface area contributed by atoms with E-state index < -0.39 is 0 Å². The summed E-state index contributed by atoms with van der Waals surface area (Å²) in [5.74, 6) is 0. The average Bonchev–Trinajstić information content (AvgIpc) is 2.68. The van der Waals surface area contributed by atoms with Crippen LogP contribution in [0.2, 0.25) is 0 Å². The molecule has 0 heteroatoms. The maximum Gasteiger partial charge on any atom is -0.0348 e. The van der Waals surface area contributed by atoms with Gasteiger partial charge in [-0.05, 0) is 12.8 Å². The third kappa shape index (κ3) is 25.2. The van der Waals surface area contributed by atoms with Gasteiger partial charge in [0.15, 0.2) is 0 Å². The number of rotatable bonds is 22. The molecule has 0 spiro atoms. The Morgan fingerprint density at radius 2 is 0.815 bits per heavy atom. The van der Waals surface area contributed by atoms with Gasteiger partial charge in [0.2, 0.25) is 0 Å². The Kier molecular flexibility index (Phi) is 24.5. The smallest absolute Gasteiger partial charge is 0.0348 e. The minimum Gasteiger partial charge on any atom is -0.0991 e. The first-order valence-corrected chi connectivity index (χ1v) is 12.4. The quantitative estimate of drug-likeness (QED) is 0.130. The number of hydrogen-bond acceptors (Lipinski definition) is 0. The van der Waals surface area contributed by atoms with Crippen LogP contribution in [-0.4, -0.2) is 0 Å². The topological polar surface area (TPSA) is 0 Å². The van der Waals surface area contributed by atoms with Crippen LogP contribution in [0.3, 0.4) is 0 Å². The Bertz CT molecular complexity index is 323. The predicted molar refractivity (Wildman–Crippen MR) is 126 cm³/mol. The van der Waals surface area contributed by atoms with E-state index in [1.807, 2.05) is 12.2 Å². The van der Waals surface area contributed by atoms with Gasteiger partial charge in [-0.25, -0.2) is 0 Å². The summed E-state index contributed by atoms with van der Waals surface area (Å²) in [6.07, 6.45) is 39.0. The minimum atomic E-state index is 1.22. The van der Waals surface area contributed by atoms with Crippen molar-refractivity contribution in [2.75, 3.05) is 0 Å². The van der Waals surface area contributed by atoms with Crippen molar-refractivity contribution < 1.29 is 0 Å². The van der Waals surface area contributed by atoms with Crippen LogP contribution in [-0.2, 0) is 0 Å². The van der Waals surface area contributed by atoms with Crippen molar-refractivity contribution in [2.45, 2.75) is 135 Å². The monoisotopic (exact) mass is 374 g/mol. The van der Waals surface area contributed by atoms with Crippen molar-refractivity contribution in [1.29, 1.82) is 0 Å². The Balaban J connectivity index is 3.04.